The standard InChI is InChI=1S/C55H61ClF4N8O7/c1-29-42-40(25-39(58)46(56)45(42)44-37(51(61)71)26-62-53(48(44)60)74-23-22-69)75-55(29,33-6-4-3-5-7-33)28-63-34-10-8-32(9-11-34)54(73)68-20-14-30(15-21-68)27-67-18-16-31(17-19-67)43-38(57)24-36-49(65-66(2)50(36)47(43)59)35-12-13-41(70)64-52(35)72/h3-7,24-26,29-32,34-35,63,69H,8-23,27-28H2,1-2H3,(H2,61,71)(H,64,70,72)/t29-,32?,34?,35?,55-/m0/s1. The van der Waals surface area contributed by atoms with Crippen molar-refractivity contribution in [1.29, 1.82) is 0 Å². The molecule has 2 aromatic heterocycles. The second kappa shape index (κ2) is 21.5. The second-order valence-electron chi connectivity index (χ2n) is 20.9. The van der Waals surface area contributed by atoms with Crippen LogP contribution in [-0.2, 0) is 27.0 Å². The molecule has 0 bridgehead atoms. The third-order valence-corrected chi connectivity index (χ3v) is 16.9. The number of aliphatic hydroxyl groups excluding tert-OH is 1. The van der Waals surface area contributed by atoms with Gasteiger partial charge in [-0.15, -0.1) is 0 Å². The number of primary amides is 1. The maximum absolute atomic E-state index is 16.4. The molecule has 0 spiro atoms. The van der Waals surface area contributed by atoms with Crippen LogP contribution in [-0.4, -0.2) is 112 Å². The number of pyridine rings is 1. The van der Waals surface area contributed by atoms with E-state index in [0.717, 1.165) is 44.0 Å². The topological polar surface area (TPSA) is 194 Å². The number of halogens is 5. The number of aromatic nitrogens is 3. The molecule has 1 saturated carbocycles. The van der Waals surface area contributed by atoms with Gasteiger partial charge >= 0.3 is 0 Å². The lowest BCUT2D eigenvalue weighted by atomic mass is 9.77. The van der Waals surface area contributed by atoms with Gasteiger partial charge in [-0.3, -0.25) is 29.2 Å². The fraction of sp³-hybridized carbons (Fsp3) is 0.491. The Kier molecular flexibility index (Phi) is 15.0. The van der Waals surface area contributed by atoms with Gasteiger partial charge in [0.1, 0.15) is 29.5 Å². The van der Waals surface area contributed by atoms with E-state index < -0.39 is 70.0 Å². The molecule has 3 atom stereocenters. The highest BCUT2D eigenvalue weighted by Crippen LogP contribution is 2.56. The molecular formula is C55H61ClF4N8O7. The van der Waals surface area contributed by atoms with Crippen molar-refractivity contribution in [3.05, 3.63) is 105 Å². The maximum atomic E-state index is 16.4. The highest BCUT2D eigenvalue weighted by molar-refractivity contribution is 6.34. The molecule has 1 aliphatic carbocycles. The lowest BCUT2D eigenvalue weighted by molar-refractivity contribution is -0.138. The molecule has 5 N–H and O–H groups in total. The van der Waals surface area contributed by atoms with Gasteiger partial charge in [0, 0.05) is 97.4 Å². The molecule has 20 heteroatoms. The van der Waals surface area contributed by atoms with E-state index in [4.69, 9.17) is 26.8 Å². The minimum absolute atomic E-state index is 0.0260. The van der Waals surface area contributed by atoms with Crippen LogP contribution in [0.15, 0.2) is 48.7 Å². The number of imide groups is 1. The van der Waals surface area contributed by atoms with Gasteiger partial charge in [0.2, 0.25) is 17.7 Å². The number of benzene rings is 3. The Balaban J connectivity index is 0.739. The Morgan fingerprint density at radius 3 is 2.33 bits per heavy atom. The third kappa shape index (κ3) is 9.85. The summed E-state index contributed by atoms with van der Waals surface area (Å²) in [6.07, 6.45) is 7.16. The van der Waals surface area contributed by atoms with Crippen molar-refractivity contribution in [3.8, 4) is 22.8 Å². The Morgan fingerprint density at radius 2 is 1.65 bits per heavy atom. The van der Waals surface area contributed by atoms with Crippen LogP contribution in [0.5, 0.6) is 11.6 Å². The SMILES string of the molecule is C[C@H]1c2c(cc(F)c(Cl)c2-c2c(C(N)=O)cnc(OCCO)c2F)O[C@]1(CNC1CCC(C(=O)N2CCC(CN3CCC(c4c(F)cc5c(C6CCC(=O)NC6=O)nn(C)c5c4F)CC3)CC2)CC1)c1ccccc1. The lowest BCUT2D eigenvalue weighted by Gasteiger charge is -2.40. The van der Waals surface area contributed by atoms with E-state index in [1.54, 1.807) is 7.05 Å². The van der Waals surface area contributed by atoms with Crippen molar-refractivity contribution in [2.75, 3.05) is 52.5 Å². The van der Waals surface area contributed by atoms with Crippen molar-refractivity contribution in [2.24, 2.45) is 24.6 Å². The lowest BCUT2D eigenvalue weighted by Crippen LogP contribution is -2.49. The van der Waals surface area contributed by atoms with Crippen LogP contribution in [0.3, 0.4) is 0 Å². The fourth-order valence-corrected chi connectivity index (χ4v) is 12.8. The zero-order chi connectivity index (χ0) is 52.9. The highest BCUT2D eigenvalue weighted by Gasteiger charge is 2.50. The van der Waals surface area contributed by atoms with Crippen molar-refractivity contribution < 1.29 is 51.3 Å². The number of ether oxygens (including phenoxy) is 2. The Bertz CT molecular complexity index is 3030. The van der Waals surface area contributed by atoms with E-state index >= 15 is 17.6 Å². The van der Waals surface area contributed by atoms with Crippen LogP contribution >= 0.6 is 11.6 Å². The number of fused-ring (bicyclic) bond motifs is 2. The van der Waals surface area contributed by atoms with Crippen LogP contribution in [0, 0.1) is 35.1 Å². The Morgan fingerprint density at radius 1 is 0.933 bits per heavy atom. The van der Waals surface area contributed by atoms with Gasteiger partial charge in [-0.05, 0) is 94.3 Å². The number of nitrogens with zero attached hydrogens (tertiary/aromatic N) is 5. The van der Waals surface area contributed by atoms with Gasteiger partial charge in [-0.25, -0.2) is 22.5 Å². The number of aryl methyl sites for hydroxylation is 1. The zero-order valence-electron chi connectivity index (χ0n) is 41.9. The van der Waals surface area contributed by atoms with Crippen LogP contribution in [0.25, 0.3) is 22.0 Å². The minimum atomic E-state index is -1.15. The Labute approximate surface area is 436 Å². The van der Waals surface area contributed by atoms with Crippen LogP contribution in [0.1, 0.15) is 122 Å². The second-order valence-corrected chi connectivity index (χ2v) is 21.3. The van der Waals surface area contributed by atoms with Gasteiger partial charge in [-0.1, -0.05) is 48.9 Å². The summed E-state index contributed by atoms with van der Waals surface area (Å²) in [5.41, 5.74) is 5.35. The summed E-state index contributed by atoms with van der Waals surface area (Å²) in [7, 11) is 1.58. The molecule has 10 rings (SSSR count). The average Bonchev–Trinajstić information content (AvgIpc) is 3.88. The summed E-state index contributed by atoms with van der Waals surface area (Å²) in [6, 6.07) is 11.9. The smallest absolute Gasteiger partial charge is 0.251 e. The van der Waals surface area contributed by atoms with E-state index in [1.165, 1.54) is 16.8 Å². The number of nitrogens with two attached hydrogens (primary N) is 1. The molecular weight excluding hydrogens is 996 g/mol. The molecule has 5 aliphatic rings. The number of hydrogen-bond donors (Lipinski definition) is 4. The average molecular weight is 1060 g/mol. The summed E-state index contributed by atoms with van der Waals surface area (Å²) >= 11 is 6.70. The molecule has 3 aromatic carbocycles. The summed E-state index contributed by atoms with van der Waals surface area (Å²) in [4.78, 5) is 59.4. The highest BCUT2D eigenvalue weighted by atomic mass is 35.5. The summed E-state index contributed by atoms with van der Waals surface area (Å²) < 4.78 is 77.9. The minimum Gasteiger partial charge on any atom is -0.480 e. The third-order valence-electron chi connectivity index (χ3n) is 16.6. The first kappa shape index (κ1) is 52.3. The quantitative estimate of drug-likeness (QED) is 0.0636. The van der Waals surface area contributed by atoms with Gasteiger partial charge in [0.05, 0.1) is 28.8 Å². The first-order valence-electron chi connectivity index (χ1n) is 26.0. The number of carbonyl (C=O) groups excluding carboxylic acids is 4. The van der Waals surface area contributed by atoms with Gasteiger partial charge in [0.25, 0.3) is 11.8 Å². The van der Waals surface area contributed by atoms with Gasteiger partial charge in [-0.2, -0.15) is 5.10 Å². The summed E-state index contributed by atoms with van der Waals surface area (Å²) in [6.45, 7) is 4.99. The molecule has 15 nitrogen and oxygen atoms in total. The number of likely N-dealkylation sites (tertiary alicyclic amines) is 2. The number of hydrogen-bond acceptors (Lipinski definition) is 11. The predicted molar refractivity (Wildman–Crippen MR) is 270 cm³/mol. The molecule has 4 amide bonds. The van der Waals surface area contributed by atoms with E-state index in [2.05, 4.69) is 25.6 Å². The molecule has 398 valence electrons. The maximum Gasteiger partial charge on any atom is 0.251 e. The largest absolute Gasteiger partial charge is 0.480 e. The normalized spacial score (nSPS) is 23.8. The molecule has 4 aliphatic heterocycles. The van der Waals surface area contributed by atoms with E-state index in [-0.39, 0.29) is 100 Å². The molecule has 4 fully saturated rings. The van der Waals surface area contributed by atoms with Crippen molar-refractivity contribution in [1.82, 2.24) is 35.2 Å². The van der Waals surface area contributed by atoms with Crippen LogP contribution in [0.4, 0.5) is 17.6 Å². The number of amides is 4. The molecule has 1 unspecified atom stereocenters. The van der Waals surface area contributed by atoms with E-state index in [1.807, 2.05) is 42.2 Å². The van der Waals surface area contributed by atoms with Crippen molar-refractivity contribution >= 4 is 46.1 Å². The summed E-state index contributed by atoms with van der Waals surface area (Å²) in [5.74, 6) is -6.83. The number of rotatable bonds is 14. The zero-order valence-corrected chi connectivity index (χ0v) is 42.7. The Hall–Kier alpha value is -6.15. The molecule has 3 saturated heterocycles. The fourth-order valence-electron chi connectivity index (χ4n) is 12.5. The molecule has 5 aromatic rings. The van der Waals surface area contributed by atoms with Crippen LogP contribution in [0.2, 0.25) is 5.02 Å². The number of carbonyl (C=O) groups is 4. The molecule has 6 heterocycles. The van der Waals surface area contributed by atoms with Gasteiger partial charge in [0.15, 0.2) is 17.2 Å². The number of piperidine rings is 3. The van der Waals surface area contributed by atoms with Gasteiger partial charge < -0.3 is 35.4 Å². The number of aliphatic hydroxyl groups is 1. The first-order valence-corrected chi connectivity index (χ1v) is 26.4. The van der Waals surface area contributed by atoms with E-state index in [0.29, 0.717) is 63.3 Å². The first-order chi connectivity index (χ1) is 36.1. The number of nitrogens with one attached hydrogen (secondary N) is 2. The predicted octanol–water partition coefficient (Wildman–Crippen LogP) is 7.49. The monoisotopic (exact) mass is 1060 g/mol. The van der Waals surface area contributed by atoms with Crippen molar-refractivity contribution in [2.45, 2.75) is 101 Å². The summed E-state index contributed by atoms with van der Waals surface area (Å²) in [5, 5.41) is 19.6. The van der Waals surface area contributed by atoms with Crippen molar-refractivity contribution in [3.63, 3.8) is 0 Å². The van der Waals surface area contributed by atoms with E-state index in [9.17, 15) is 24.3 Å². The molecule has 75 heavy (non-hydrogen) atoms. The molecule has 0 radical (unpaired) electrons. The van der Waals surface area contributed by atoms with Crippen LogP contribution < -0.4 is 25.8 Å².